The molecule has 0 aliphatic carbocycles. The van der Waals surface area contributed by atoms with E-state index in [4.69, 9.17) is 5.11 Å². The van der Waals surface area contributed by atoms with Crippen molar-refractivity contribution in [3.63, 3.8) is 0 Å². The Morgan fingerprint density at radius 2 is 2.00 bits per heavy atom. The average Bonchev–Trinajstić information content (AvgIpc) is 2.67. The highest BCUT2D eigenvalue weighted by Crippen LogP contribution is 2.17. The molecule has 2 aromatic heterocycles. The fraction of sp³-hybridized carbons (Fsp3) is 0. The van der Waals surface area contributed by atoms with E-state index in [1.165, 1.54) is 0 Å². The quantitative estimate of drug-likeness (QED) is 0.722. The fourth-order valence-electron chi connectivity index (χ4n) is 1.09. The monoisotopic (exact) mass is 190 g/mol. The van der Waals surface area contributed by atoms with E-state index in [9.17, 15) is 4.79 Å². The Kier molecular flexibility index (Phi) is 1.94. The molecule has 0 amide bonds. The summed E-state index contributed by atoms with van der Waals surface area (Å²) < 4.78 is 0. The second-order valence-corrected chi connectivity index (χ2v) is 2.56. The first-order chi connectivity index (χ1) is 6.79. The summed E-state index contributed by atoms with van der Waals surface area (Å²) in [6.45, 7) is 0. The van der Waals surface area contributed by atoms with Crippen LogP contribution in [0.4, 0.5) is 0 Å². The van der Waals surface area contributed by atoms with Gasteiger partial charge in [0, 0.05) is 18.0 Å². The van der Waals surface area contributed by atoms with Gasteiger partial charge in [-0.3, -0.25) is 4.98 Å². The summed E-state index contributed by atoms with van der Waals surface area (Å²) in [5.74, 6) is -1.11. The van der Waals surface area contributed by atoms with Gasteiger partial charge in [-0.25, -0.2) is 4.79 Å². The van der Waals surface area contributed by atoms with Gasteiger partial charge in [-0.05, 0) is 12.1 Å². The van der Waals surface area contributed by atoms with Crippen LogP contribution in [0.25, 0.3) is 11.3 Å². The number of nitrogens with one attached hydrogen (secondary N) is 1. The molecule has 70 valence electrons. The summed E-state index contributed by atoms with van der Waals surface area (Å²) in [6.07, 6.45) is 3.13. The van der Waals surface area contributed by atoms with E-state index in [0.717, 1.165) is 0 Å². The summed E-state index contributed by atoms with van der Waals surface area (Å²) in [5.41, 5.74) is 0.905. The van der Waals surface area contributed by atoms with Gasteiger partial charge in [-0.15, -0.1) is 5.10 Å². The minimum atomic E-state index is -1.11. The first-order valence-electron chi connectivity index (χ1n) is 3.83. The molecule has 0 aliphatic heterocycles. The van der Waals surface area contributed by atoms with Crippen molar-refractivity contribution in [3.8, 4) is 11.3 Å². The van der Waals surface area contributed by atoms with Crippen LogP contribution in [-0.4, -0.2) is 31.5 Å². The van der Waals surface area contributed by atoms with Crippen molar-refractivity contribution in [3.05, 3.63) is 30.2 Å². The molecule has 0 fully saturated rings. The molecule has 0 saturated heterocycles. The van der Waals surface area contributed by atoms with Crippen LogP contribution in [0.5, 0.6) is 0 Å². The van der Waals surface area contributed by atoms with E-state index in [-0.39, 0.29) is 5.69 Å². The molecule has 0 saturated carbocycles. The zero-order chi connectivity index (χ0) is 9.97. The zero-order valence-corrected chi connectivity index (χ0v) is 7.01. The van der Waals surface area contributed by atoms with Crippen molar-refractivity contribution in [2.45, 2.75) is 0 Å². The topological polar surface area (TPSA) is 91.8 Å². The lowest BCUT2D eigenvalue weighted by molar-refractivity contribution is 0.0691. The van der Waals surface area contributed by atoms with Crippen LogP contribution in [0.3, 0.4) is 0 Å². The van der Waals surface area contributed by atoms with E-state index in [1.807, 2.05) is 0 Å². The molecule has 0 radical (unpaired) electrons. The average molecular weight is 190 g/mol. The Morgan fingerprint density at radius 1 is 1.29 bits per heavy atom. The van der Waals surface area contributed by atoms with Crippen molar-refractivity contribution in [2.75, 3.05) is 0 Å². The molecule has 6 heteroatoms. The third-order valence-corrected chi connectivity index (χ3v) is 1.70. The molecule has 0 atom stereocenters. The van der Waals surface area contributed by atoms with E-state index < -0.39 is 5.97 Å². The Labute approximate surface area is 78.6 Å². The molecule has 14 heavy (non-hydrogen) atoms. The van der Waals surface area contributed by atoms with E-state index in [0.29, 0.717) is 11.3 Å². The number of carboxylic acid groups (broad SMARTS) is 1. The van der Waals surface area contributed by atoms with Gasteiger partial charge in [0.15, 0.2) is 5.69 Å². The Balaban J connectivity index is 2.52. The van der Waals surface area contributed by atoms with Gasteiger partial charge in [0.05, 0.1) is 0 Å². The molecule has 0 unspecified atom stereocenters. The molecule has 0 aromatic carbocycles. The van der Waals surface area contributed by atoms with Crippen LogP contribution in [0, 0.1) is 0 Å². The predicted molar refractivity (Wildman–Crippen MR) is 46.6 cm³/mol. The maximum atomic E-state index is 10.7. The highest BCUT2D eigenvalue weighted by molar-refractivity contribution is 5.92. The number of H-pyrrole nitrogens is 1. The number of aromatic nitrogens is 4. The van der Waals surface area contributed by atoms with Crippen molar-refractivity contribution < 1.29 is 9.90 Å². The molecule has 0 spiro atoms. The van der Waals surface area contributed by atoms with Crippen LogP contribution in [-0.2, 0) is 0 Å². The van der Waals surface area contributed by atoms with Crippen molar-refractivity contribution >= 4 is 5.97 Å². The van der Waals surface area contributed by atoms with Gasteiger partial charge in [0.25, 0.3) is 0 Å². The second-order valence-electron chi connectivity index (χ2n) is 2.56. The van der Waals surface area contributed by atoms with Gasteiger partial charge in [0.1, 0.15) is 5.69 Å². The number of carbonyl (C=O) groups is 1. The number of rotatable bonds is 2. The van der Waals surface area contributed by atoms with E-state index in [2.05, 4.69) is 20.4 Å². The lowest BCUT2D eigenvalue weighted by atomic mass is 10.1. The third kappa shape index (κ3) is 1.33. The third-order valence-electron chi connectivity index (χ3n) is 1.70. The second kappa shape index (κ2) is 3.25. The smallest absolute Gasteiger partial charge is 0.358 e. The number of pyridine rings is 1. The SMILES string of the molecule is O=C(O)c1n[nH]nc1-c1ccncc1. The Hall–Kier alpha value is -2.24. The number of carboxylic acids is 1. The molecule has 2 N–H and O–H groups in total. The summed E-state index contributed by atoms with van der Waals surface area (Å²) in [4.78, 5) is 14.5. The Morgan fingerprint density at radius 3 is 2.64 bits per heavy atom. The van der Waals surface area contributed by atoms with Crippen molar-refractivity contribution in [1.29, 1.82) is 0 Å². The van der Waals surface area contributed by atoms with Gasteiger partial charge < -0.3 is 5.11 Å². The lowest BCUT2D eigenvalue weighted by Crippen LogP contribution is -1.99. The van der Waals surface area contributed by atoms with Crippen LogP contribution in [0.15, 0.2) is 24.5 Å². The van der Waals surface area contributed by atoms with Gasteiger partial charge in [-0.1, -0.05) is 0 Å². The van der Waals surface area contributed by atoms with Crippen molar-refractivity contribution in [2.24, 2.45) is 0 Å². The lowest BCUT2D eigenvalue weighted by Gasteiger charge is -1.94. The van der Waals surface area contributed by atoms with Crippen LogP contribution < -0.4 is 0 Å². The number of nitrogens with zero attached hydrogens (tertiary/aromatic N) is 3. The predicted octanol–water partition coefficient (Wildman–Crippen LogP) is 0.565. The number of hydrogen-bond donors (Lipinski definition) is 2. The van der Waals surface area contributed by atoms with Crippen LogP contribution >= 0.6 is 0 Å². The molecular weight excluding hydrogens is 184 g/mol. The molecule has 0 aliphatic rings. The molecule has 0 bridgehead atoms. The normalized spacial score (nSPS) is 10.0. The van der Waals surface area contributed by atoms with Crippen LogP contribution in [0.2, 0.25) is 0 Å². The molecule has 6 nitrogen and oxygen atoms in total. The first kappa shape index (κ1) is 8.36. The van der Waals surface area contributed by atoms with Gasteiger partial charge in [-0.2, -0.15) is 10.3 Å². The summed E-state index contributed by atoms with van der Waals surface area (Å²) in [6, 6.07) is 3.34. The highest BCUT2D eigenvalue weighted by atomic mass is 16.4. The summed E-state index contributed by atoms with van der Waals surface area (Å²) in [7, 11) is 0. The summed E-state index contributed by atoms with van der Waals surface area (Å²) in [5, 5.41) is 18.4. The van der Waals surface area contributed by atoms with Crippen molar-refractivity contribution in [1.82, 2.24) is 20.4 Å². The van der Waals surface area contributed by atoms with Gasteiger partial charge in [0.2, 0.25) is 0 Å². The van der Waals surface area contributed by atoms with Gasteiger partial charge >= 0.3 is 5.97 Å². The fourth-order valence-corrected chi connectivity index (χ4v) is 1.09. The minimum absolute atomic E-state index is 0.0869. The molecule has 2 rings (SSSR count). The van der Waals surface area contributed by atoms with E-state index >= 15 is 0 Å². The number of hydrogen-bond acceptors (Lipinski definition) is 4. The van der Waals surface area contributed by atoms with Crippen LogP contribution in [0.1, 0.15) is 10.5 Å². The van der Waals surface area contributed by atoms with E-state index in [1.54, 1.807) is 24.5 Å². The minimum Gasteiger partial charge on any atom is -0.476 e. The molecule has 2 heterocycles. The molecule has 2 aromatic rings. The Bertz CT molecular complexity index is 451. The largest absolute Gasteiger partial charge is 0.476 e. The highest BCUT2D eigenvalue weighted by Gasteiger charge is 2.15. The maximum Gasteiger partial charge on any atom is 0.358 e. The number of aromatic carboxylic acids is 1. The zero-order valence-electron chi connectivity index (χ0n) is 7.01. The first-order valence-corrected chi connectivity index (χ1v) is 3.83. The maximum absolute atomic E-state index is 10.7. The number of aromatic amines is 1. The molecular formula is C8H6N4O2. The summed E-state index contributed by atoms with van der Waals surface area (Å²) >= 11 is 0. The standard InChI is InChI=1S/C8H6N4O2/c13-8(14)7-6(10-12-11-7)5-1-3-9-4-2-5/h1-4H,(H,13,14)(H,10,11,12).